The van der Waals surface area contributed by atoms with E-state index in [0.717, 1.165) is 22.3 Å². The highest BCUT2D eigenvalue weighted by Gasteiger charge is 2.14. The summed E-state index contributed by atoms with van der Waals surface area (Å²) in [7, 11) is 0. The van der Waals surface area contributed by atoms with E-state index >= 15 is 0 Å². The van der Waals surface area contributed by atoms with E-state index < -0.39 is 0 Å². The second kappa shape index (κ2) is 3.92. The number of hydrogen-bond donors (Lipinski definition) is 2. The zero-order chi connectivity index (χ0) is 9.97. The zero-order valence-corrected chi connectivity index (χ0v) is 8.84. The first-order chi connectivity index (χ1) is 6.74. The Hall–Kier alpha value is -1.16. The molecule has 1 aliphatic heterocycles. The van der Waals surface area contributed by atoms with Crippen LogP contribution in [0.15, 0.2) is 29.3 Å². The molecule has 1 aliphatic rings. The number of anilines is 1. The third-order valence-electron chi connectivity index (χ3n) is 1.96. The van der Waals surface area contributed by atoms with Gasteiger partial charge < -0.3 is 11.1 Å². The summed E-state index contributed by atoms with van der Waals surface area (Å²) >= 11 is 1.76. The highest BCUT2D eigenvalue weighted by molar-refractivity contribution is 8.14. The summed E-state index contributed by atoms with van der Waals surface area (Å²) in [5.74, 6) is 1.09. The van der Waals surface area contributed by atoms with Crippen LogP contribution in [0.5, 0.6) is 0 Å². The molecule has 3 N–H and O–H groups in total. The van der Waals surface area contributed by atoms with Crippen LogP contribution in [-0.4, -0.2) is 17.0 Å². The Bertz CT molecular complexity index is 345. The Labute approximate surface area is 87.8 Å². The first-order valence-corrected chi connectivity index (χ1v) is 5.56. The normalized spacial score (nSPS) is 23.8. The van der Waals surface area contributed by atoms with Gasteiger partial charge >= 0.3 is 0 Å². The maximum atomic E-state index is 5.59. The molecule has 0 aliphatic carbocycles. The number of benzene rings is 1. The lowest BCUT2D eigenvalue weighted by atomic mass is 10.3. The lowest BCUT2D eigenvalue weighted by Crippen LogP contribution is -2.22. The van der Waals surface area contributed by atoms with E-state index in [1.807, 2.05) is 24.3 Å². The molecule has 3 nitrogen and oxygen atoms in total. The van der Waals surface area contributed by atoms with Crippen molar-refractivity contribution in [3.63, 3.8) is 0 Å². The lowest BCUT2D eigenvalue weighted by molar-refractivity contribution is 0.768. The van der Waals surface area contributed by atoms with E-state index in [2.05, 4.69) is 17.2 Å². The second-order valence-corrected chi connectivity index (χ2v) is 4.37. The summed E-state index contributed by atoms with van der Waals surface area (Å²) in [5.41, 5.74) is 7.31. The van der Waals surface area contributed by atoms with Gasteiger partial charge in [-0.25, -0.2) is 4.99 Å². The zero-order valence-electron chi connectivity index (χ0n) is 8.03. The molecule has 4 heteroatoms. The molecule has 1 heterocycles. The van der Waals surface area contributed by atoms with Crippen molar-refractivity contribution in [1.29, 1.82) is 0 Å². The first-order valence-electron chi connectivity index (χ1n) is 4.57. The second-order valence-electron chi connectivity index (χ2n) is 3.36. The molecule has 2 rings (SSSR count). The van der Waals surface area contributed by atoms with E-state index in [1.54, 1.807) is 11.8 Å². The number of nitrogens with two attached hydrogens (primary N) is 1. The van der Waals surface area contributed by atoms with Crippen molar-refractivity contribution in [1.82, 2.24) is 5.32 Å². The van der Waals surface area contributed by atoms with Gasteiger partial charge in [-0.1, -0.05) is 11.8 Å². The van der Waals surface area contributed by atoms with Crippen LogP contribution >= 0.6 is 11.8 Å². The van der Waals surface area contributed by atoms with Crippen molar-refractivity contribution in [2.45, 2.75) is 13.0 Å². The number of aliphatic imine (C=N–C) groups is 1. The fourth-order valence-corrected chi connectivity index (χ4v) is 2.17. The molecule has 0 saturated carbocycles. The van der Waals surface area contributed by atoms with E-state index in [-0.39, 0.29) is 0 Å². The Balaban J connectivity index is 2.13. The molecule has 0 spiro atoms. The number of rotatable bonds is 1. The van der Waals surface area contributed by atoms with E-state index in [0.29, 0.717) is 6.04 Å². The van der Waals surface area contributed by atoms with Crippen molar-refractivity contribution >= 4 is 28.3 Å². The summed E-state index contributed by atoms with van der Waals surface area (Å²) in [6.07, 6.45) is 0. The van der Waals surface area contributed by atoms with Gasteiger partial charge in [0, 0.05) is 17.5 Å². The first kappa shape index (κ1) is 9.40. The quantitative estimate of drug-likeness (QED) is 0.692. The number of nitrogens with zero attached hydrogens (tertiary/aromatic N) is 1. The fraction of sp³-hybridized carbons (Fsp3) is 0.300. The van der Waals surface area contributed by atoms with Gasteiger partial charge in [0.25, 0.3) is 0 Å². The molecule has 14 heavy (non-hydrogen) atoms. The summed E-state index contributed by atoms with van der Waals surface area (Å²) in [5, 5.41) is 4.30. The highest BCUT2D eigenvalue weighted by Crippen LogP contribution is 2.19. The predicted molar refractivity (Wildman–Crippen MR) is 63.0 cm³/mol. The number of nitrogens with one attached hydrogen (secondary N) is 1. The molecule has 1 aromatic rings. The average Bonchev–Trinajstić information content (AvgIpc) is 2.56. The van der Waals surface area contributed by atoms with Crippen LogP contribution in [0.25, 0.3) is 0 Å². The standard InChI is InChI=1S/C10H13N3S/c1-7-6-14-10(12-7)13-9-4-2-8(11)3-5-9/h2-5,7H,6,11H2,1H3,(H,12,13). The number of amidine groups is 1. The average molecular weight is 207 g/mol. The Morgan fingerprint density at radius 1 is 1.43 bits per heavy atom. The molecule has 1 unspecified atom stereocenters. The molecule has 1 aromatic carbocycles. The van der Waals surface area contributed by atoms with Gasteiger partial charge in [0.2, 0.25) is 0 Å². The third kappa shape index (κ3) is 2.20. The third-order valence-corrected chi connectivity index (χ3v) is 3.11. The summed E-state index contributed by atoms with van der Waals surface area (Å²) in [4.78, 5) is 4.46. The molecule has 0 aromatic heterocycles. The van der Waals surface area contributed by atoms with Crippen LogP contribution in [0, 0.1) is 0 Å². The van der Waals surface area contributed by atoms with Crippen molar-refractivity contribution in [3.05, 3.63) is 24.3 Å². The molecular formula is C10H13N3S. The number of hydrogen-bond acceptors (Lipinski definition) is 3. The monoisotopic (exact) mass is 207 g/mol. The van der Waals surface area contributed by atoms with E-state index in [9.17, 15) is 0 Å². The summed E-state index contributed by atoms with van der Waals surface area (Å²) in [6, 6.07) is 8.10. The van der Waals surface area contributed by atoms with Gasteiger partial charge in [0.15, 0.2) is 5.17 Å². The molecule has 1 fully saturated rings. The Morgan fingerprint density at radius 3 is 2.71 bits per heavy atom. The molecule has 1 atom stereocenters. The van der Waals surface area contributed by atoms with Crippen LogP contribution in [0.2, 0.25) is 0 Å². The van der Waals surface area contributed by atoms with Crippen molar-refractivity contribution in [2.24, 2.45) is 4.99 Å². The fourth-order valence-electron chi connectivity index (χ4n) is 1.23. The maximum Gasteiger partial charge on any atom is 0.162 e. The predicted octanol–water partition coefficient (Wildman–Crippen LogP) is 1.98. The summed E-state index contributed by atoms with van der Waals surface area (Å²) < 4.78 is 0. The van der Waals surface area contributed by atoms with E-state index in [1.165, 1.54) is 0 Å². The van der Waals surface area contributed by atoms with Gasteiger partial charge in [-0.3, -0.25) is 0 Å². The minimum atomic E-state index is 0.521. The van der Waals surface area contributed by atoms with Crippen molar-refractivity contribution < 1.29 is 0 Å². The van der Waals surface area contributed by atoms with Gasteiger partial charge in [-0.2, -0.15) is 0 Å². The van der Waals surface area contributed by atoms with Gasteiger partial charge in [0.1, 0.15) is 0 Å². The van der Waals surface area contributed by atoms with Gasteiger partial charge in [-0.05, 0) is 31.2 Å². The maximum absolute atomic E-state index is 5.59. The van der Waals surface area contributed by atoms with E-state index in [4.69, 9.17) is 5.73 Å². The van der Waals surface area contributed by atoms with Crippen LogP contribution in [-0.2, 0) is 0 Å². The number of thioether (sulfide) groups is 1. The number of nitrogen functional groups attached to an aromatic ring is 1. The van der Waals surface area contributed by atoms with Crippen LogP contribution in [0.3, 0.4) is 0 Å². The van der Waals surface area contributed by atoms with Gasteiger partial charge in [0.05, 0.1) is 5.69 Å². The minimum absolute atomic E-state index is 0.521. The SMILES string of the molecule is CC1CSC(=Nc2ccc(N)cc2)N1. The molecule has 0 amide bonds. The summed E-state index contributed by atoms with van der Waals surface area (Å²) in [6.45, 7) is 2.15. The van der Waals surface area contributed by atoms with Crippen molar-refractivity contribution in [3.8, 4) is 0 Å². The van der Waals surface area contributed by atoms with Crippen LogP contribution in [0.4, 0.5) is 11.4 Å². The topological polar surface area (TPSA) is 50.4 Å². The Kier molecular flexibility index (Phi) is 2.63. The largest absolute Gasteiger partial charge is 0.399 e. The highest BCUT2D eigenvalue weighted by atomic mass is 32.2. The van der Waals surface area contributed by atoms with Crippen LogP contribution < -0.4 is 11.1 Å². The van der Waals surface area contributed by atoms with Crippen LogP contribution in [0.1, 0.15) is 6.92 Å². The Morgan fingerprint density at radius 2 is 2.14 bits per heavy atom. The molecular weight excluding hydrogens is 194 g/mol. The lowest BCUT2D eigenvalue weighted by Gasteiger charge is -2.01. The molecule has 1 saturated heterocycles. The molecule has 0 bridgehead atoms. The van der Waals surface area contributed by atoms with Gasteiger partial charge in [-0.15, -0.1) is 0 Å². The van der Waals surface area contributed by atoms with Crippen molar-refractivity contribution in [2.75, 3.05) is 11.5 Å². The minimum Gasteiger partial charge on any atom is -0.399 e. The molecule has 74 valence electrons. The molecule has 0 radical (unpaired) electrons. The smallest absolute Gasteiger partial charge is 0.162 e.